The third-order valence-electron chi connectivity index (χ3n) is 5.34. The molecule has 0 saturated heterocycles. The van der Waals surface area contributed by atoms with Crippen LogP contribution in [0.5, 0.6) is 0 Å². The Morgan fingerprint density at radius 1 is 1.06 bits per heavy atom. The third-order valence-corrected chi connectivity index (χ3v) is 6.88. The van der Waals surface area contributed by atoms with Crippen LogP contribution in [0.1, 0.15) is 27.8 Å². The largest absolute Gasteiger partial charge is 0.478 e. The van der Waals surface area contributed by atoms with Gasteiger partial charge in [-0.15, -0.1) is 0 Å². The topological polar surface area (TPSA) is 96.4 Å². The number of aliphatic carboxylic acids is 1. The molecule has 7 heteroatoms. The van der Waals surface area contributed by atoms with Gasteiger partial charge in [0, 0.05) is 30.1 Å². The number of rotatable bonds is 6. The summed E-state index contributed by atoms with van der Waals surface area (Å²) < 4.78 is 28.3. The molecule has 1 atom stereocenters. The van der Waals surface area contributed by atoms with E-state index < -0.39 is 16.0 Å². The smallest absolute Gasteiger partial charge is 0.328 e. The number of carbonyl (C=O) groups is 1. The van der Waals surface area contributed by atoms with Gasteiger partial charge in [-0.25, -0.2) is 17.9 Å². The molecule has 0 radical (unpaired) electrons. The number of carboxylic acid groups (broad SMARTS) is 1. The van der Waals surface area contributed by atoms with Crippen LogP contribution in [0.3, 0.4) is 0 Å². The minimum atomic E-state index is -3.61. The predicted molar refractivity (Wildman–Crippen MR) is 118 cm³/mol. The number of pyridine rings is 1. The van der Waals surface area contributed by atoms with Crippen molar-refractivity contribution in [3.63, 3.8) is 0 Å². The molecule has 1 heterocycles. The molecule has 0 saturated carbocycles. The number of aromatic nitrogens is 1. The van der Waals surface area contributed by atoms with E-state index in [1.54, 1.807) is 42.7 Å². The van der Waals surface area contributed by atoms with E-state index in [9.17, 15) is 18.3 Å². The lowest BCUT2D eigenvalue weighted by Gasteiger charge is -2.12. The maximum absolute atomic E-state index is 12.7. The highest BCUT2D eigenvalue weighted by Crippen LogP contribution is 2.30. The van der Waals surface area contributed by atoms with Crippen molar-refractivity contribution in [2.75, 3.05) is 0 Å². The fourth-order valence-electron chi connectivity index (χ4n) is 3.85. The monoisotopic (exact) mass is 434 g/mol. The molecule has 0 bridgehead atoms. The average molecular weight is 435 g/mol. The zero-order valence-corrected chi connectivity index (χ0v) is 17.8. The summed E-state index contributed by atoms with van der Waals surface area (Å²) >= 11 is 0. The van der Waals surface area contributed by atoms with E-state index in [-0.39, 0.29) is 10.9 Å². The van der Waals surface area contributed by atoms with Gasteiger partial charge in [0.1, 0.15) is 0 Å². The molecule has 0 amide bonds. The quantitative estimate of drug-likeness (QED) is 0.580. The van der Waals surface area contributed by atoms with E-state index in [1.807, 2.05) is 31.2 Å². The average Bonchev–Trinajstić information content (AvgIpc) is 3.13. The van der Waals surface area contributed by atoms with Crippen LogP contribution in [-0.4, -0.2) is 30.5 Å². The Bertz CT molecular complexity index is 1250. The van der Waals surface area contributed by atoms with E-state index in [1.165, 1.54) is 6.08 Å². The van der Waals surface area contributed by atoms with Crippen LogP contribution in [0, 0.1) is 6.92 Å². The van der Waals surface area contributed by atoms with Crippen molar-refractivity contribution in [3.8, 4) is 0 Å². The van der Waals surface area contributed by atoms with Crippen molar-refractivity contribution in [1.82, 2.24) is 9.71 Å². The Morgan fingerprint density at radius 2 is 1.81 bits per heavy atom. The van der Waals surface area contributed by atoms with E-state index in [0.717, 1.165) is 22.3 Å². The van der Waals surface area contributed by atoms with Crippen LogP contribution in [-0.2, 0) is 27.7 Å². The Balaban J connectivity index is 1.58. The zero-order valence-electron chi connectivity index (χ0n) is 16.9. The molecular weight excluding hydrogens is 412 g/mol. The normalized spacial score (nSPS) is 16.2. The molecule has 1 aliphatic carbocycles. The molecule has 0 fully saturated rings. The molecule has 1 aliphatic rings. The molecule has 2 N–H and O–H groups in total. The molecule has 3 aromatic rings. The maximum atomic E-state index is 12.7. The van der Waals surface area contributed by atoms with Gasteiger partial charge in [-0.3, -0.25) is 4.98 Å². The Hall–Kier alpha value is -3.29. The summed E-state index contributed by atoms with van der Waals surface area (Å²) in [5.74, 6) is -1.04. The lowest BCUT2D eigenvalue weighted by molar-refractivity contribution is -0.131. The summed E-state index contributed by atoms with van der Waals surface area (Å²) in [5.41, 5.74) is 5.09. The molecule has 0 spiro atoms. The number of carboxylic acids is 1. The van der Waals surface area contributed by atoms with Crippen LogP contribution in [0.15, 0.2) is 78.0 Å². The van der Waals surface area contributed by atoms with Crippen LogP contribution >= 0.6 is 0 Å². The molecule has 4 rings (SSSR count). The first-order chi connectivity index (χ1) is 14.8. The number of aryl methyl sites for hydroxylation is 1. The molecule has 1 unspecified atom stereocenters. The second-order valence-corrected chi connectivity index (χ2v) is 9.37. The summed E-state index contributed by atoms with van der Waals surface area (Å²) in [6, 6.07) is 15.8. The molecule has 31 heavy (non-hydrogen) atoms. The SMILES string of the molecule is Cc1ccc(S(=O)(=O)NC2Cc3ccc(/C(=C/C(=O)O)c4cccnc4)cc3C2)cc1. The van der Waals surface area contributed by atoms with E-state index in [0.29, 0.717) is 24.0 Å². The summed E-state index contributed by atoms with van der Waals surface area (Å²) in [4.78, 5) is 15.7. The van der Waals surface area contributed by atoms with Crippen molar-refractivity contribution in [3.05, 3.63) is 101 Å². The Labute approximate surface area is 181 Å². The van der Waals surface area contributed by atoms with E-state index >= 15 is 0 Å². The lowest BCUT2D eigenvalue weighted by atomic mass is 9.96. The van der Waals surface area contributed by atoms with E-state index in [4.69, 9.17) is 0 Å². The molecule has 6 nitrogen and oxygen atoms in total. The van der Waals surface area contributed by atoms with Crippen molar-refractivity contribution in [1.29, 1.82) is 0 Å². The number of sulfonamides is 1. The van der Waals surface area contributed by atoms with Crippen molar-refractivity contribution >= 4 is 21.6 Å². The van der Waals surface area contributed by atoms with E-state index in [2.05, 4.69) is 9.71 Å². The van der Waals surface area contributed by atoms with Crippen LogP contribution in [0.25, 0.3) is 5.57 Å². The minimum absolute atomic E-state index is 0.248. The number of hydrogen-bond acceptors (Lipinski definition) is 4. The highest BCUT2D eigenvalue weighted by atomic mass is 32.2. The molecule has 1 aromatic heterocycles. The fraction of sp³-hybridized carbons (Fsp3) is 0.167. The zero-order chi connectivity index (χ0) is 22.0. The van der Waals surface area contributed by atoms with Crippen LogP contribution in [0.2, 0.25) is 0 Å². The molecule has 0 aliphatic heterocycles. The number of hydrogen-bond donors (Lipinski definition) is 2. The standard InChI is InChI=1S/C24H22N2O4S/c1-16-4-8-22(9-5-16)31(29,30)26-21-12-17-6-7-18(11-20(17)13-21)23(14-24(27)28)19-3-2-10-25-15-19/h2-11,14-15,21,26H,12-13H2,1H3,(H,27,28)/b23-14-. The van der Waals surface area contributed by atoms with Crippen LogP contribution in [0.4, 0.5) is 0 Å². The van der Waals surface area contributed by atoms with Gasteiger partial charge in [-0.05, 0) is 60.2 Å². The van der Waals surface area contributed by atoms with Gasteiger partial charge >= 0.3 is 5.97 Å². The molecular formula is C24H22N2O4S. The summed E-state index contributed by atoms with van der Waals surface area (Å²) in [6.45, 7) is 1.91. The number of nitrogens with zero attached hydrogens (tertiary/aromatic N) is 1. The van der Waals surface area contributed by atoms with Gasteiger partial charge in [0.15, 0.2) is 0 Å². The second-order valence-electron chi connectivity index (χ2n) is 7.66. The first kappa shape index (κ1) is 21.0. The fourth-order valence-corrected chi connectivity index (χ4v) is 5.09. The lowest BCUT2D eigenvalue weighted by Crippen LogP contribution is -2.35. The van der Waals surface area contributed by atoms with Gasteiger partial charge in [0.05, 0.1) is 4.90 Å². The van der Waals surface area contributed by atoms with Crippen LogP contribution < -0.4 is 4.72 Å². The second kappa shape index (κ2) is 8.45. The van der Waals surface area contributed by atoms with Crippen molar-refractivity contribution in [2.45, 2.75) is 30.7 Å². The first-order valence-electron chi connectivity index (χ1n) is 9.88. The molecule has 2 aromatic carbocycles. The maximum Gasteiger partial charge on any atom is 0.328 e. The number of nitrogens with one attached hydrogen (secondary N) is 1. The van der Waals surface area contributed by atoms with Gasteiger partial charge in [-0.1, -0.05) is 42.0 Å². The third kappa shape index (κ3) is 4.73. The highest BCUT2D eigenvalue weighted by molar-refractivity contribution is 7.89. The van der Waals surface area contributed by atoms with Gasteiger partial charge in [-0.2, -0.15) is 0 Å². The first-order valence-corrected chi connectivity index (χ1v) is 11.4. The van der Waals surface area contributed by atoms with Gasteiger partial charge < -0.3 is 5.11 Å². The van der Waals surface area contributed by atoms with Gasteiger partial charge in [0.2, 0.25) is 10.0 Å². The Kier molecular flexibility index (Phi) is 5.71. The van der Waals surface area contributed by atoms with Gasteiger partial charge in [0.25, 0.3) is 0 Å². The summed E-state index contributed by atoms with van der Waals surface area (Å²) in [5, 5.41) is 9.32. The minimum Gasteiger partial charge on any atom is -0.478 e. The molecule has 158 valence electrons. The summed E-state index contributed by atoms with van der Waals surface area (Å²) in [6.07, 6.45) is 5.56. The highest BCUT2D eigenvalue weighted by Gasteiger charge is 2.27. The summed E-state index contributed by atoms with van der Waals surface area (Å²) in [7, 11) is -3.61. The van der Waals surface area contributed by atoms with Crippen molar-refractivity contribution in [2.24, 2.45) is 0 Å². The number of benzene rings is 2. The van der Waals surface area contributed by atoms with Crippen molar-refractivity contribution < 1.29 is 18.3 Å². The Morgan fingerprint density at radius 3 is 2.48 bits per heavy atom. The predicted octanol–water partition coefficient (Wildman–Crippen LogP) is 3.35. The number of fused-ring (bicyclic) bond motifs is 1.